The molecule has 3 unspecified atom stereocenters. The Bertz CT molecular complexity index is 489. The number of nitrogens with one attached hydrogen (secondary N) is 1. The van der Waals surface area contributed by atoms with Crippen molar-refractivity contribution < 1.29 is 9.90 Å². The van der Waals surface area contributed by atoms with Crippen molar-refractivity contribution in [2.75, 3.05) is 5.32 Å². The Morgan fingerprint density at radius 1 is 1.33 bits per heavy atom. The summed E-state index contributed by atoms with van der Waals surface area (Å²) in [6.07, 6.45) is 5.15. The standard InChI is InChI=1S/C14H16BrNO2/c15-10-2-1-3-11(13(10)14(17)18)16-12-7-8-4-5-9(12)6-8/h1-3,8-9,12,16H,4-7H2,(H,17,18). The number of benzene rings is 1. The van der Waals surface area contributed by atoms with Crippen LogP contribution in [0, 0.1) is 11.8 Å². The number of hydrogen-bond acceptors (Lipinski definition) is 2. The lowest BCUT2D eigenvalue weighted by Crippen LogP contribution is -2.26. The van der Waals surface area contributed by atoms with Gasteiger partial charge in [0.2, 0.25) is 0 Å². The van der Waals surface area contributed by atoms with Gasteiger partial charge in [-0.1, -0.05) is 12.5 Å². The monoisotopic (exact) mass is 309 g/mol. The molecule has 3 nitrogen and oxygen atoms in total. The van der Waals surface area contributed by atoms with E-state index in [0.717, 1.165) is 17.5 Å². The molecule has 0 saturated heterocycles. The van der Waals surface area contributed by atoms with E-state index in [0.29, 0.717) is 16.1 Å². The molecule has 18 heavy (non-hydrogen) atoms. The zero-order valence-electron chi connectivity index (χ0n) is 10.0. The predicted molar refractivity (Wildman–Crippen MR) is 74.0 cm³/mol. The molecule has 0 aliphatic heterocycles. The van der Waals surface area contributed by atoms with Gasteiger partial charge in [-0.15, -0.1) is 0 Å². The number of halogens is 1. The Morgan fingerprint density at radius 3 is 2.78 bits per heavy atom. The number of carbonyl (C=O) groups is 1. The molecular weight excluding hydrogens is 294 g/mol. The molecular formula is C14H16BrNO2. The van der Waals surface area contributed by atoms with Gasteiger partial charge < -0.3 is 10.4 Å². The summed E-state index contributed by atoms with van der Waals surface area (Å²) in [7, 11) is 0. The number of hydrogen-bond donors (Lipinski definition) is 2. The average molecular weight is 310 g/mol. The van der Waals surface area contributed by atoms with E-state index in [9.17, 15) is 9.90 Å². The van der Waals surface area contributed by atoms with Crippen LogP contribution in [0.3, 0.4) is 0 Å². The lowest BCUT2D eigenvalue weighted by atomic mass is 9.95. The summed E-state index contributed by atoms with van der Waals surface area (Å²) < 4.78 is 0.642. The number of carboxylic acid groups (broad SMARTS) is 1. The quantitative estimate of drug-likeness (QED) is 0.894. The van der Waals surface area contributed by atoms with E-state index >= 15 is 0 Å². The van der Waals surface area contributed by atoms with E-state index in [1.165, 1.54) is 25.7 Å². The molecule has 2 aliphatic rings. The van der Waals surface area contributed by atoms with Crippen molar-refractivity contribution in [3.8, 4) is 0 Å². The Hall–Kier alpha value is -1.03. The van der Waals surface area contributed by atoms with Crippen LogP contribution in [0.15, 0.2) is 22.7 Å². The van der Waals surface area contributed by atoms with Crippen LogP contribution < -0.4 is 5.32 Å². The zero-order chi connectivity index (χ0) is 12.7. The van der Waals surface area contributed by atoms with Gasteiger partial charge in [-0.25, -0.2) is 4.79 Å². The summed E-state index contributed by atoms with van der Waals surface area (Å²) in [5, 5.41) is 12.7. The van der Waals surface area contributed by atoms with Crippen LogP contribution in [0.5, 0.6) is 0 Å². The van der Waals surface area contributed by atoms with Crippen LogP contribution in [0.1, 0.15) is 36.0 Å². The third kappa shape index (κ3) is 2.03. The molecule has 0 heterocycles. The highest BCUT2D eigenvalue weighted by atomic mass is 79.9. The van der Waals surface area contributed by atoms with E-state index in [4.69, 9.17) is 0 Å². The molecule has 0 spiro atoms. The highest BCUT2D eigenvalue weighted by Crippen LogP contribution is 2.45. The average Bonchev–Trinajstić information content (AvgIpc) is 2.90. The summed E-state index contributed by atoms with van der Waals surface area (Å²) in [6.45, 7) is 0. The van der Waals surface area contributed by atoms with E-state index < -0.39 is 5.97 Å². The molecule has 1 aromatic rings. The van der Waals surface area contributed by atoms with Crippen molar-refractivity contribution in [1.29, 1.82) is 0 Å². The zero-order valence-corrected chi connectivity index (χ0v) is 11.6. The molecule has 0 amide bonds. The molecule has 96 valence electrons. The van der Waals surface area contributed by atoms with E-state index in [1.807, 2.05) is 12.1 Å². The highest BCUT2D eigenvalue weighted by Gasteiger charge is 2.39. The maximum atomic E-state index is 11.3. The van der Waals surface area contributed by atoms with Gasteiger partial charge in [0.1, 0.15) is 0 Å². The lowest BCUT2D eigenvalue weighted by molar-refractivity contribution is 0.0697. The molecule has 2 N–H and O–H groups in total. The Kier molecular flexibility index (Phi) is 3.06. The van der Waals surface area contributed by atoms with Crippen molar-refractivity contribution in [1.82, 2.24) is 0 Å². The molecule has 3 rings (SSSR count). The first kappa shape index (κ1) is 12.0. The molecule has 1 aromatic carbocycles. The minimum atomic E-state index is -0.881. The third-order valence-corrected chi connectivity index (χ3v) is 4.97. The molecule has 2 bridgehead atoms. The van der Waals surface area contributed by atoms with Gasteiger partial charge in [0.25, 0.3) is 0 Å². The van der Waals surface area contributed by atoms with Crippen LogP contribution in [-0.4, -0.2) is 17.1 Å². The third-order valence-electron chi connectivity index (χ3n) is 4.31. The summed E-state index contributed by atoms with van der Waals surface area (Å²) in [6, 6.07) is 5.97. The first-order chi connectivity index (χ1) is 8.65. The van der Waals surface area contributed by atoms with E-state index in [1.54, 1.807) is 6.07 Å². The molecule has 2 aliphatic carbocycles. The Labute approximate surface area is 115 Å². The molecule has 2 saturated carbocycles. The topological polar surface area (TPSA) is 49.3 Å². The fourth-order valence-corrected chi connectivity index (χ4v) is 4.02. The minimum absolute atomic E-state index is 0.347. The molecule has 2 fully saturated rings. The van der Waals surface area contributed by atoms with Crippen LogP contribution in [0.2, 0.25) is 0 Å². The van der Waals surface area contributed by atoms with Crippen molar-refractivity contribution in [3.05, 3.63) is 28.2 Å². The lowest BCUT2D eigenvalue weighted by Gasteiger charge is -2.25. The fraction of sp³-hybridized carbons (Fsp3) is 0.500. The predicted octanol–water partition coefficient (Wildman–Crippen LogP) is 3.75. The second-order valence-electron chi connectivity index (χ2n) is 5.39. The molecule has 4 heteroatoms. The van der Waals surface area contributed by atoms with Gasteiger partial charge in [0.15, 0.2) is 0 Å². The number of fused-ring (bicyclic) bond motifs is 2. The van der Waals surface area contributed by atoms with Gasteiger partial charge in [0.05, 0.1) is 11.3 Å². The second kappa shape index (κ2) is 4.57. The maximum Gasteiger partial charge on any atom is 0.338 e. The second-order valence-corrected chi connectivity index (χ2v) is 6.25. The van der Waals surface area contributed by atoms with Gasteiger partial charge in [-0.2, -0.15) is 0 Å². The number of anilines is 1. The molecule has 0 aromatic heterocycles. The largest absolute Gasteiger partial charge is 0.478 e. The SMILES string of the molecule is O=C(O)c1c(Br)cccc1NC1CC2CCC1C2. The summed E-state index contributed by atoms with van der Waals surface area (Å²) >= 11 is 3.32. The van der Waals surface area contributed by atoms with Crippen LogP contribution in [0.25, 0.3) is 0 Å². The number of rotatable bonds is 3. The van der Waals surface area contributed by atoms with Crippen LogP contribution >= 0.6 is 15.9 Å². The minimum Gasteiger partial charge on any atom is -0.478 e. The van der Waals surface area contributed by atoms with E-state index in [2.05, 4.69) is 21.2 Å². The van der Waals surface area contributed by atoms with Crippen molar-refractivity contribution in [2.24, 2.45) is 11.8 Å². The number of aromatic carboxylic acids is 1. The van der Waals surface area contributed by atoms with Crippen molar-refractivity contribution in [2.45, 2.75) is 31.7 Å². The number of carboxylic acids is 1. The normalized spacial score (nSPS) is 29.5. The van der Waals surface area contributed by atoms with Gasteiger partial charge in [-0.05, 0) is 59.2 Å². The smallest absolute Gasteiger partial charge is 0.338 e. The van der Waals surface area contributed by atoms with Crippen molar-refractivity contribution in [3.63, 3.8) is 0 Å². The van der Waals surface area contributed by atoms with Crippen LogP contribution in [-0.2, 0) is 0 Å². The summed E-state index contributed by atoms with van der Waals surface area (Å²) in [4.78, 5) is 11.3. The summed E-state index contributed by atoms with van der Waals surface area (Å²) in [5.74, 6) is 0.705. The van der Waals surface area contributed by atoms with Gasteiger partial charge in [0, 0.05) is 10.5 Å². The maximum absolute atomic E-state index is 11.3. The Morgan fingerprint density at radius 2 is 2.17 bits per heavy atom. The molecule has 3 atom stereocenters. The van der Waals surface area contributed by atoms with Crippen molar-refractivity contribution >= 4 is 27.6 Å². The van der Waals surface area contributed by atoms with Gasteiger partial charge >= 0.3 is 5.97 Å². The Balaban J connectivity index is 1.84. The summed E-state index contributed by atoms with van der Waals surface area (Å²) in [5.41, 5.74) is 1.09. The van der Waals surface area contributed by atoms with E-state index in [-0.39, 0.29) is 0 Å². The molecule has 0 radical (unpaired) electrons. The van der Waals surface area contributed by atoms with Gasteiger partial charge in [-0.3, -0.25) is 0 Å². The fourth-order valence-electron chi connectivity index (χ4n) is 3.48. The first-order valence-electron chi connectivity index (χ1n) is 6.43. The highest BCUT2D eigenvalue weighted by molar-refractivity contribution is 9.10. The van der Waals surface area contributed by atoms with Crippen LogP contribution in [0.4, 0.5) is 5.69 Å². The first-order valence-corrected chi connectivity index (χ1v) is 7.23.